The third kappa shape index (κ3) is 3.34. The Morgan fingerprint density at radius 3 is 2.33 bits per heavy atom. The molecule has 0 radical (unpaired) electrons. The number of aliphatic hydroxyl groups is 1. The summed E-state index contributed by atoms with van der Waals surface area (Å²) >= 11 is 0. The van der Waals surface area contributed by atoms with Gasteiger partial charge in [-0.3, -0.25) is 9.59 Å². The molecule has 0 aliphatic rings. The molecule has 12 heavy (non-hydrogen) atoms. The third-order valence-corrected chi connectivity index (χ3v) is 1.48. The van der Waals surface area contributed by atoms with Crippen LogP contribution in [0.3, 0.4) is 0 Å². The molecule has 0 aromatic rings. The molecule has 1 atom stereocenters. The molecule has 0 aromatic carbocycles. The normalized spacial score (nSPS) is 11.9. The first kappa shape index (κ1) is 10.9. The molecule has 3 N–H and O–H groups in total. The van der Waals surface area contributed by atoms with Crippen LogP contribution in [0, 0.1) is 0 Å². The van der Waals surface area contributed by atoms with Crippen molar-refractivity contribution < 1.29 is 14.7 Å². The van der Waals surface area contributed by atoms with Crippen molar-refractivity contribution in [1.82, 2.24) is 10.6 Å². The lowest BCUT2D eigenvalue weighted by Gasteiger charge is -2.12. The van der Waals surface area contributed by atoms with Crippen molar-refractivity contribution in [3.05, 3.63) is 0 Å². The fourth-order valence-corrected chi connectivity index (χ4v) is 0.641. The predicted octanol–water partition coefficient (Wildman–Crippen LogP) is -1.38. The van der Waals surface area contributed by atoms with E-state index in [-0.39, 0.29) is 12.6 Å². The maximum Gasteiger partial charge on any atom is 0.309 e. The molecule has 0 fully saturated rings. The SMILES string of the molecule is CC[C@@H](CO)NC(=O)C(=O)NC. The summed E-state index contributed by atoms with van der Waals surface area (Å²) < 4.78 is 0. The van der Waals surface area contributed by atoms with E-state index in [0.29, 0.717) is 6.42 Å². The van der Waals surface area contributed by atoms with E-state index >= 15 is 0 Å². The van der Waals surface area contributed by atoms with Gasteiger partial charge in [-0.25, -0.2) is 0 Å². The second-order valence-corrected chi connectivity index (χ2v) is 2.34. The Kier molecular flexibility index (Phi) is 5.03. The van der Waals surface area contributed by atoms with Crippen molar-refractivity contribution in [2.24, 2.45) is 0 Å². The zero-order chi connectivity index (χ0) is 9.56. The van der Waals surface area contributed by atoms with Crippen LogP contribution < -0.4 is 10.6 Å². The number of aliphatic hydroxyl groups excluding tert-OH is 1. The number of hydrogen-bond acceptors (Lipinski definition) is 3. The van der Waals surface area contributed by atoms with Crippen LogP contribution in [-0.2, 0) is 9.59 Å². The molecule has 70 valence electrons. The highest BCUT2D eigenvalue weighted by Gasteiger charge is 2.14. The summed E-state index contributed by atoms with van der Waals surface area (Å²) in [4.78, 5) is 21.5. The summed E-state index contributed by atoms with van der Waals surface area (Å²) in [5.41, 5.74) is 0. The number of likely N-dealkylation sites (N-methyl/N-ethyl adjacent to an activating group) is 1. The highest BCUT2D eigenvalue weighted by atomic mass is 16.3. The van der Waals surface area contributed by atoms with Crippen molar-refractivity contribution in [2.75, 3.05) is 13.7 Å². The van der Waals surface area contributed by atoms with Crippen LogP contribution in [0.2, 0.25) is 0 Å². The van der Waals surface area contributed by atoms with E-state index in [1.165, 1.54) is 7.05 Å². The van der Waals surface area contributed by atoms with Gasteiger partial charge in [0.25, 0.3) is 0 Å². The predicted molar refractivity (Wildman–Crippen MR) is 43.4 cm³/mol. The number of carbonyl (C=O) groups excluding carboxylic acids is 2. The van der Waals surface area contributed by atoms with Gasteiger partial charge in [-0.2, -0.15) is 0 Å². The van der Waals surface area contributed by atoms with Crippen LogP contribution in [0.1, 0.15) is 13.3 Å². The number of nitrogens with one attached hydrogen (secondary N) is 2. The maximum atomic E-state index is 10.9. The number of rotatable bonds is 3. The quantitative estimate of drug-likeness (QED) is 0.461. The second kappa shape index (κ2) is 5.54. The van der Waals surface area contributed by atoms with Gasteiger partial charge in [0.05, 0.1) is 12.6 Å². The van der Waals surface area contributed by atoms with Crippen LogP contribution in [0.25, 0.3) is 0 Å². The molecule has 5 heteroatoms. The molecule has 2 amide bonds. The van der Waals surface area contributed by atoms with E-state index in [1.807, 2.05) is 6.92 Å². The van der Waals surface area contributed by atoms with Gasteiger partial charge in [-0.1, -0.05) is 6.92 Å². The minimum Gasteiger partial charge on any atom is -0.394 e. The van der Waals surface area contributed by atoms with Crippen LogP contribution >= 0.6 is 0 Å². The Bertz CT molecular complexity index is 166. The lowest BCUT2D eigenvalue weighted by Crippen LogP contribution is -2.44. The second-order valence-electron chi connectivity index (χ2n) is 2.34. The zero-order valence-electron chi connectivity index (χ0n) is 7.26. The molecule has 0 unspecified atom stereocenters. The lowest BCUT2D eigenvalue weighted by atomic mass is 10.2. The van der Waals surface area contributed by atoms with Gasteiger partial charge < -0.3 is 15.7 Å². The smallest absolute Gasteiger partial charge is 0.309 e. The van der Waals surface area contributed by atoms with E-state index < -0.39 is 11.8 Å². The van der Waals surface area contributed by atoms with Gasteiger partial charge in [0.15, 0.2) is 0 Å². The molecule has 0 heterocycles. The first-order valence-electron chi connectivity index (χ1n) is 3.79. The maximum absolute atomic E-state index is 10.9. The van der Waals surface area contributed by atoms with Gasteiger partial charge in [0.1, 0.15) is 0 Å². The van der Waals surface area contributed by atoms with Gasteiger partial charge >= 0.3 is 11.8 Å². The summed E-state index contributed by atoms with van der Waals surface area (Å²) in [6.45, 7) is 1.66. The largest absolute Gasteiger partial charge is 0.394 e. The Morgan fingerprint density at radius 1 is 1.42 bits per heavy atom. The van der Waals surface area contributed by atoms with E-state index in [1.54, 1.807) is 0 Å². The van der Waals surface area contributed by atoms with Crippen molar-refractivity contribution in [1.29, 1.82) is 0 Å². The summed E-state index contributed by atoms with van der Waals surface area (Å²) in [6.07, 6.45) is 0.596. The summed E-state index contributed by atoms with van der Waals surface area (Å²) in [5, 5.41) is 13.2. The van der Waals surface area contributed by atoms with Crippen LogP contribution in [0.15, 0.2) is 0 Å². The first-order valence-corrected chi connectivity index (χ1v) is 3.79. The van der Waals surface area contributed by atoms with Crippen LogP contribution in [0.5, 0.6) is 0 Å². The van der Waals surface area contributed by atoms with Gasteiger partial charge in [0.2, 0.25) is 0 Å². The zero-order valence-corrected chi connectivity index (χ0v) is 7.26. The molecule has 0 spiro atoms. The van der Waals surface area contributed by atoms with E-state index in [4.69, 9.17) is 5.11 Å². The van der Waals surface area contributed by atoms with Crippen LogP contribution in [-0.4, -0.2) is 36.6 Å². The lowest BCUT2D eigenvalue weighted by molar-refractivity contribution is -0.139. The molecule has 0 saturated carbocycles. The standard InChI is InChI=1S/C7H14N2O3/c1-3-5(4-10)9-7(12)6(11)8-2/h5,10H,3-4H2,1-2H3,(H,8,11)(H,9,12)/t5-/m0/s1. The summed E-state index contributed by atoms with van der Waals surface area (Å²) in [7, 11) is 1.38. The molecule has 0 saturated heterocycles. The van der Waals surface area contributed by atoms with Crippen LogP contribution in [0.4, 0.5) is 0 Å². The fraction of sp³-hybridized carbons (Fsp3) is 0.714. The Morgan fingerprint density at radius 2 is 2.00 bits per heavy atom. The van der Waals surface area contributed by atoms with Crippen molar-refractivity contribution in [3.8, 4) is 0 Å². The minimum atomic E-state index is -0.710. The minimum absolute atomic E-state index is 0.154. The number of carbonyl (C=O) groups is 2. The molecular formula is C7H14N2O3. The van der Waals surface area contributed by atoms with Gasteiger partial charge in [-0.05, 0) is 6.42 Å². The highest BCUT2D eigenvalue weighted by molar-refractivity contribution is 6.35. The van der Waals surface area contributed by atoms with Crippen molar-refractivity contribution >= 4 is 11.8 Å². The van der Waals surface area contributed by atoms with Crippen molar-refractivity contribution in [2.45, 2.75) is 19.4 Å². The average molecular weight is 174 g/mol. The Hall–Kier alpha value is -1.10. The van der Waals surface area contributed by atoms with E-state index in [2.05, 4.69) is 10.6 Å². The molecule has 0 aliphatic heterocycles. The topological polar surface area (TPSA) is 78.4 Å². The van der Waals surface area contributed by atoms with Crippen molar-refractivity contribution in [3.63, 3.8) is 0 Å². The average Bonchev–Trinajstić information content (AvgIpc) is 2.12. The molecule has 0 aromatic heterocycles. The highest BCUT2D eigenvalue weighted by Crippen LogP contribution is 1.87. The van der Waals surface area contributed by atoms with E-state index in [0.717, 1.165) is 0 Å². The van der Waals surface area contributed by atoms with Gasteiger partial charge in [0, 0.05) is 7.05 Å². The molecular weight excluding hydrogens is 160 g/mol. The number of amides is 2. The molecule has 0 aliphatic carbocycles. The summed E-state index contributed by atoms with van der Waals surface area (Å²) in [6, 6.07) is -0.338. The Labute approximate surface area is 71.1 Å². The fourth-order valence-electron chi connectivity index (χ4n) is 0.641. The first-order chi connectivity index (χ1) is 5.65. The Balaban J connectivity index is 3.89. The van der Waals surface area contributed by atoms with Gasteiger partial charge in [-0.15, -0.1) is 0 Å². The third-order valence-electron chi connectivity index (χ3n) is 1.48. The summed E-state index contributed by atoms with van der Waals surface area (Å²) in [5.74, 6) is -1.40. The monoisotopic (exact) mass is 174 g/mol. The molecule has 0 rings (SSSR count). The molecule has 0 bridgehead atoms. The molecule has 5 nitrogen and oxygen atoms in total. The van der Waals surface area contributed by atoms with E-state index in [9.17, 15) is 9.59 Å². The number of hydrogen-bond donors (Lipinski definition) is 3.